The van der Waals surface area contributed by atoms with E-state index in [2.05, 4.69) is 4.74 Å². The standard InChI is InChI=1S/C13H14O8/c14-6-10(17)12(13(19)20)21-11(18)4-2-7-1-3-8(15)9(16)5-7/h1-5,10,12,14-17H,6H2,(H,19,20). The number of phenols is 2. The number of rotatable bonds is 6. The minimum Gasteiger partial charge on any atom is -0.504 e. The Bertz CT molecular complexity index is 551. The summed E-state index contributed by atoms with van der Waals surface area (Å²) in [6.45, 7) is -0.875. The van der Waals surface area contributed by atoms with E-state index in [9.17, 15) is 19.8 Å². The van der Waals surface area contributed by atoms with Crippen molar-refractivity contribution in [3.63, 3.8) is 0 Å². The molecule has 0 saturated heterocycles. The quantitative estimate of drug-likeness (QED) is 0.267. The Morgan fingerprint density at radius 3 is 2.43 bits per heavy atom. The van der Waals surface area contributed by atoms with Crippen molar-refractivity contribution in [1.29, 1.82) is 0 Å². The Morgan fingerprint density at radius 1 is 1.24 bits per heavy atom. The van der Waals surface area contributed by atoms with Crippen LogP contribution in [0.15, 0.2) is 24.3 Å². The van der Waals surface area contributed by atoms with Crippen LogP contribution < -0.4 is 0 Å². The van der Waals surface area contributed by atoms with Crippen LogP contribution in [0.2, 0.25) is 0 Å². The summed E-state index contributed by atoms with van der Waals surface area (Å²) in [5.74, 6) is -3.36. The third-order valence-corrected chi connectivity index (χ3v) is 2.43. The lowest BCUT2D eigenvalue weighted by Gasteiger charge is -2.16. The van der Waals surface area contributed by atoms with Crippen LogP contribution in [0.1, 0.15) is 5.56 Å². The Kier molecular flexibility index (Phi) is 5.70. The topological polar surface area (TPSA) is 145 Å². The van der Waals surface area contributed by atoms with E-state index in [1.807, 2.05) is 0 Å². The number of aliphatic hydroxyl groups excluding tert-OH is 2. The van der Waals surface area contributed by atoms with Crippen LogP contribution in [0.25, 0.3) is 6.08 Å². The molecule has 0 fully saturated rings. The Labute approximate surface area is 119 Å². The number of carbonyl (C=O) groups excluding carboxylic acids is 1. The Balaban J connectivity index is 2.73. The number of aromatic hydroxyl groups is 2. The first-order valence-electron chi connectivity index (χ1n) is 5.77. The summed E-state index contributed by atoms with van der Waals surface area (Å²) in [6.07, 6.45) is -1.53. The fourth-order valence-corrected chi connectivity index (χ4v) is 1.36. The number of hydrogen-bond donors (Lipinski definition) is 5. The fraction of sp³-hybridized carbons (Fsp3) is 0.231. The maximum atomic E-state index is 11.4. The van der Waals surface area contributed by atoms with Gasteiger partial charge in [0.15, 0.2) is 11.5 Å². The molecule has 0 aliphatic carbocycles. The van der Waals surface area contributed by atoms with Gasteiger partial charge in [0.05, 0.1) is 6.61 Å². The number of carboxylic acid groups (broad SMARTS) is 1. The lowest BCUT2D eigenvalue weighted by atomic mass is 10.2. The van der Waals surface area contributed by atoms with Gasteiger partial charge in [-0.2, -0.15) is 0 Å². The van der Waals surface area contributed by atoms with Crippen LogP contribution in [0.5, 0.6) is 11.5 Å². The molecule has 0 saturated carbocycles. The molecule has 8 nitrogen and oxygen atoms in total. The van der Waals surface area contributed by atoms with E-state index in [-0.39, 0.29) is 11.5 Å². The van der Waals surface area contributed by atoms with E-state index < -0.39 is 30.8 Å². The van der Waals surface area contributed by atoms with Gasteiger partial charge >= 0.3 is 11.9 Å². The highest BCUT2D eigenvalue weighted by molar-refractivity contribution is 5.89. The maximum Gasteiger partial charge on any atom is 0.347 e. The molecule has 21 heavy (non-hydrogen) atoms. The highest BCUT2D eigenvalue weighted by Crippen LogP contribution is 2.25. The molecule has 1 aromatic rings. The molecule has 0 aromatic heterocycles. The van der Waals surface area contributed by atoms with E-state index >= 15 is 0 Å². The normalized spacial score (nSPS) is 13.8. The second-order valence-electron chi connectivity index (χ2n) is 4.03. The second kappa shape index (κ2) is 7.27. The number of aliphatic hydroxyl groups is 2. The molecule has 0 aliphatic rings. The molecule has 2 atom stereocenters. The predicted molar refractivity (Wildman–Crippen MR) is 69.4 cm³/mol. The highest BCUT2D eigenvalue weighted by atomic mass is 16.6. The first-order valence-corrected chi connectivity index (χ1v) is 5.77. The molecule has 8 heteroatoms. The van der Waals surface area contributed by atoms with E-state index in [1.165, 1.54) is 24.3 Å². The number of ether oxygens (including phenoxy) is 1. The van der Waals surface area contributed by atoms with Gasteiger partial charge in [0.2, 0.25) is 6.10 Å². The zero-order chi connectivity index (χ0) is 16.0. The fourth-order valence-electron chi connectivity index (χ4n) is 1.36. The molecule has 0 radical (unpaired) electrons. The van der Waals surface area contributed by atoms with Gasteiger partial charge in [-0.05, 0) is 23.8 Å². The largest absolute Gasteiger partial charge is 0.504 e. The number of phenolic OH excluding ortho intramolecular Hbond substituents is 2. The average Bonchev–Trinajstić information content (AvgIpc) is 2.44. The summed E-state index contributed by atoms with van der Waals surface area (Å²) in [5, 5.41) is 45.0. The van der Waals surface area contributed by atoms with Crippen molar-refractivity contribution in [1.82, 2.24) is 0 Å². The molecule has 0 aliphatic heterocycles. The molecular weight excluding hydrogens is 284 g/mol. The second-order valence-corrected chi connectivity index (χ2v) is 4.03. The molecular formula is C13H14O8. The van der Waals surface area contributed by atoms with Gasteiger partial charge in [-0.25, -0.2) is 9.59 Å². The van der Waals surface area contributed by atoms with Gasteiger partial charge in [-0.1, -0.05) is 6.07 Å². The summed E-state index contributed by atoms with van der Waals surface area (Å²) < 4.78 is 4.49. The van der Waals surface area contributed by atoms with E-state index in [1.54, 1.807) is 0 Å². The molecule has 0 spiro atoms. The summed E-state index contributed by atoms with van der Waals surface area (Å²) in [6, 6.07) is 3.78. The van der Waals surface area contributed by atoms with Gasteiger partial charge in [-0.3, -0.25) is 0 Å². The summed E-state index contributed by atoms with van der Waals surface area (Å²) in [7, 11) is 0. The number of carbonyl (C=O) groups is 2. The van der Waals surface area contributed by atoms with Crippen molar-refractivity contribution < 1.29 is 39.9 Å². The zero-order valence-electron chi connectivity index (χ0n) is 10.7. The van der Waals surface area contributed by atoms with E-state index in [0.717, 1.165) is 6.08 Å². The SMILES string of the molecule is O=C(C=Cc1ccc(O)c(O)c1)OC(C(=O)O)C(O)CO. The van der Waals surface area contributed by atoms with Crippen LogP contribution in [-0.2, 0) is 14.3 Å². The number of carboxylic acids is 1. The number of aliphatic carboxylic acids is 1. The Morgan fingerprint density at radius 2 is 1.90 bits per heavy atom. The van der Waals surface area contributed by atoms with Gasteiger partial charge in [0.1, 0.15) is 6.10 Å². The molecule has 5 N–H and O–H groups in total. The molecule has 0 bridgehead atoms. The zero-order valence-corrected chi connectivity index (χ0v) is 10.7. The van der Waals surface area contributed by atoms with E-state index in [0.29, 0.717) is 5.56 Å². The average molecular weight is 298 g/mol. The minimum atomic E-state index is -1.89. The molecule has 1 rings (SSSR count). The predicted octanol–water partition coefficient (Wildman–Crippen LogP) is -0.539. The third kappa shape index (κ3) is 4.79. The molecule has 114 valence electrons. The molecule has 2 unspecified atom stereocenters. The van der Waals surface area contributed by atoms with Gasteiger partial charge in [-0.15, -0.1) is 0 Å². The van der Waals surface area contributed by atoms with Crippen molar-refractivity contribution in [2.45, 2.75) is 12.2 Å². The lowest BCUT2D eigenvalue weighted by Crippen LogP contribution is -2.40. The van der Waals surface area contributed by atoms with Gasteiger partial charge in [0.25, 0.3) is 0 Å². The molecule has 0 amide bonds. The molecule has 0 heterocycles. The van der Waals surface area contributed by atoms with E-state index in [4.69, 9.17) is 15.3 Å². The van der Waals surface area contributed by atoms with Gasteiger partial charge in [0, 0.05) is 6.08 Å². The Hall–Kier alpha value is -2.58. The maximum absolute atomic E-state index is 11.4. The van der Waals surface area contributed by atoms with Crippen LogP contribution in [0.4, 0.5) is 0 Å². The smallest absolute Gasteiger partial charge is 0.347 e. The van der Waals surface area contributed by atoms with Crippen LogP contribution in [-0.4, -0.2) is 56.3 Å². The first kappa shape index (κ1) is 16.5. The minimum absolute atomic E-state index is 0.327. The van der Waals surface area contributed by atoms with Crippen molar-refractivity contribution >= 4 is 18.0 Å². The molecule has 1 aromatic carbocycles. The lowest BCUT2D eigenvalue weighted by molar-refractivity contribution is -0.170. The van der Waals surface area contributed by atoms with Crippen molar-refractivity contribution in [2.75, 3.05) is 6.61 Å². The van der Waals surface area contributed by atoms with Gasteiger partial charge < -0.3 is 30.3 Å². The monoisotopic (exact) mass is 298 g/mol. The summed E-state index contributed by atoms with van der Waals surface area (Å²) in [5.41, 5.74) is 0.358. The van der Waals surface area contributed by atoms with Crippen LogP contribution >= 0.6 is 0 Å². The summed E-state index contributed by atoms with van der Waals surface area (Å²) >= 11 is 0. The number of esters is 1. The number of hydrogen-bond acceptors (Lipinski definition) is 7. The van der Waals surface area contributed by atoms with Crippen LogP contribution in [0, 0.1) is 0 Å². The van der Waals surface area contributed by atoms with Crippen molar-refractivity contribution in [3.05, 3.63) is 29.8 Å². The highest BCUT2D eigenvalue weighted by Gasteiger charge is 2.29. The third-order valence-electron chi connectivity index (χ3n) is 2.43. The first-order chi connectivity index (χ1) is 9.85. The van der Waals surface area contributed by atoms with Crippen LogP contribution in [0.3, 0.4) is 0 Å². The van der Waals surface area contributed by atoms with Crippen molar-refractivity contribution in [2.24, 2.45) is 0 Å². The summed E-state index contributed by atoms with van der Waals surface area (Å²) in [4.78, 5) is 22.2. The number of benzene rings is 1. The van der Waals surface area contributed by atoms with Crippen molar-refractivity contribution in [3.8, 4) is 11.5 Å².